The molecule has 0 saturated carbocycles. The molecule has 1 aromatic heterocycles. The van der Waals surface area contributed by atoms with Gasteiger partial charge in [-0.1, -0.05) is 11.6 Å². The van der Waals surface area contributed by atoms with E-state index in [4.69, 9.17) is 21.1 Å². The topological polar surface area (TPSA) is 31.4 Å². The molecule has 0 saturated heterocycles. The average Bonchev–Trinajstić information content (AvgIpc) is 2.89. The van der Waals surface area contributed by atoms with Crippen molar-refractivity contribution >= 4 is 33.2 Å². The lowest BCUT2D eigenvalue weighted by atomic mass is 10.2. The van der Waals surface area contributed by atoms with E-state index in [-0.39, 0.29) is 0 Å². The number of ether oxygens (including phenoxy) is 2. The summed E-state index contributed by atoms with van der Waals surface area (Å²) in [5.41, 5.74) is 1.96. The lowest BCUT2D eigenvalue weighted by Crippen LogP contribution is -2.15. The van der Waals surface area contributed by atoms with Crippen molar-refractivity contribution in [3.8, 4) is 22.1 Å². The number of nitrogens with zero attached hydrogens (tertiary/aromatic N) is 1. The number of fused-ring (bicyclic) bond motifs is 2. The zero-order valence-electron chi connectivity index (χ0n) is 10.4. The molecule has 4 rings (SSSR count). The van der Waals surface area contributed by atoms with Gasteiger partial charge in [-0.15, -0.1) is 11.3 Å². The Morgan fingerprint density at radius 2 is 1.85 bits per heavy atom. The van der Waals surface area contributed by atoms with Crippen molar-refractivity contribution < 1.29 is 9.47 Å². The monoisotopic (exact) mass is 303 g/mol. The zero-order valence-corrected chi connectivity index (χ0v) is 12.0. The second-order valence-electron chi connectivity index (χ2n) is 4.49. The minimum absolute atomic E-state index is 0.589. The molecule has 0 amide bonds. The predicted molar refractivity (Wildman–Crippen MR) is 81.1 cm³/mol. The molecule has 0 N–H and O–H groups in total. The Labute approximate surface area is 124 Å². The molecular weight excluding hydrogens is 294 g/mol. The molecule has 0 unspecified atom stereocenters. The van der Waals surface area contributed by atoms with Crippen LogP contribution in [0.4, 0.5) is 0 Å². The normalized spacial score (nSPS) is 13.7. The van der Waals surface area contributed by atoms with Crippen LogP contribution in [-0.4, -0.2) is 18.2 Å². The summed E-state index contributed by atoms with van der Waals surface area (Å²) in [6, 6.07) is 11.7. The molecule has 0 aliphatic carbocycles. The van der Waals surface area contributed by atoms with Gasteiger partial charge in [0.2, 0.25) is 0 Å². The van der Waals surface area contributed by atoms with E-state index < -0.39 is 0 Å². The summed E-state index contributed by atoms with van der Waals surface area (Å²) in [6.07, 6.45) is 0. The fourth-order valence-corrected chi connectivity index (χ4v) is 3.31. The Kier molecular flexibility index (Phi) is 2.79. The van der Waals surface area contributed by atoms with Gasteiger partial charge in [-0.05, 0) is 36.4 Å². The molecular formula is C15H10ClNO2S. The molecule has 2 aromatic carbocycles. The summed E-state index contributed by atoms with van der Waals surface area (Å²) in [5, 5.41) is 1.66. The number of benzene rings is 2. The van der Waals surface area contributed by atoms with Crippen LogP contribution in [-0.2, 0) is 0 Å². The molecule has 3 aromatic rings. The molecule has 0 bridgehead atoms. The third-order valence-corrected chi connectivity index (χ3v) is 4.46. The lowest BCUT2D eigenvalue weighted by molar-refractivity contribution is 0.171. The van der Waals surface area contributed by atoms with E-state index in [0.29, 0.717) is 18.2 Å². The Morgan fingerprint density at radius 1 is 1.00 bits per heavy atom. The Bertz CT molecular complexity index is 800. The maximum atomic E-state index is 6.00. The minimum Gasteiger partial charge on any atom is -0.486 e. The van der Waals surface area contributed by atoms with Crippen molar-refractivity contribution in [3.63, 3.8) is 0 Å². The van der Waals surface area contributed by atoms with E-state index in [1.807, 2.05) is 36.4 Å². The van der Waals surface area contributed by atoms with Gasteiger partial charge < -0.3 is 9.47 Å². The first-order valence-corrected chi connectivity index (χ1v) is 7.45. The fourth-order valence-electron chi connectivity index (χ4n) is 2.20. The lowest BCUT2D eigenvalue weighted by Gasteiger charge is -2.18. The van der Waals surface area contributed by atoms with Gasteiger partial charge in [0, 0.05) is 10.6 Å². The molecule has 2 heterocycles. The first-order valence-electron chi connectivity index (χ1n) is 6.26. The Balaban J connectivity index is 1.82. The van der Waals surface area contributed by atoms with E-state index in [0.717, 1.165) is 32.3 Å². The summed E-state index contributed by atoms with van der Waals surface area (Å²) in [4.78, 5) is 4.63. The molecule has 5 heteroatoms. The van der Waals surface area contributed by atoms with Crippen molar-refractivity contribution in [1.82, 2.24) is 4.98 Å². The quantitative estimate of drug-likeness (QED) is 0.668. The second-order valence-corrected chi connectivity index (χ2v) is 5.96. The highest BCUT2D eigenvalue weighted by Gasteiger charge is 2.14. The molecule has 20 heavy (non-hydrogen) atoms. The summed E-state index contributed by atoms with van der Waals surface area (Å²) >= 11 is 7.64. The van der Waals surface area contributed by atoms with E-state index in [2.05, 4.69) is 4.98 Å². The van der Waals surface area contributed by atoms with Crippen LogP contribution < -0.4 is 9.47 Å². The maximum absolute atomic E-state index is 6.00. The summed E-state index contributed by atoms with van der Waals surface area (Å²) in [6.45, 7) is 1.19. The molecule has 0 fully saturated rings. The molecule has 0 atom stereocenters. The Morgan fingerprint density at radius 3 is 2.75 bits per heavy atom. The summed E-state index contributed by atoms with van der Waals surface area (Å²) < 4.78 is 12.3. The van der Waals surface area contributed by atoms with Crippen molar-refractivity contribution in [2.75, 3.05) is 13.2 Å². The van der Waals surface area contributed by atoms with Crippen LogP contribution in [0.25, 0.3) is 20.8 Å². The molecule has 3 nitrogen and oxygen atoms in total. The predicted octanol–water partition coefficient (Wildman–Crippen LogP) is 4.39. The largest absolute Gasteiger partial charge is 0.486 e. The van der Waals surface area contributed by atoms with Crippen LogP contribution in [0.5, 0.6) is 11.5 Å². The first-order chi connectivity index (χ1) is 9.79. The van der Waals surface area contributed by atoms with E-state index >= 15 is 0 Å². The van der Waals surface area contributed by atoms with E-state index in [9.17, 15) is 0 Å². The minimum atomic E-state index is 0.589. The fraction of sp³-hybridized carbons (Fsp3) is 0.133. The van der Waals surface area contributed by atoms with Gasteiger partial charge in [-0.2, -0.15) is 0 Å². The highest BCUT2D eigenvalue weighted by molar-refractivity contribution is 7.21. The molecule has 0 spiro atoms. The highest BCUT2D eigenvalue weighted by Crippen LogP contribution is 2.37. The number of halogens is 1. The van der Waals surface area contributed by atoms with Crippen LogP contribution >= 0.6 is 22.9 Å². The van der Waals surface area contributed by atoms with Crippen molar-refractivity contribution in [3.05, 3.63) is 41.4 Å². The third kappa shape index (κ3) is 2.01. The average molecular weight is 304 g/mol. The standard InChI is InChI=1S/C15H10ClNO2S/c16-10-2-4-14-11(8-10)17-15(20-14)9-1-3-12-13(7-9)19-6-5-18-12/h1-4,7-8H,5-6H2. The number of thiazole rings is 1. The molecule has 100 valence electrons. The second kappa shape index (κ2) is 4.65. The van der Waals surface area contributed by atoms with Gasteiger partial charge in [0.15, 0.2) is 11.5 Å². The number of aromatic nitrogens is 1. The SMILES string of the molecule is Clc1ccc2sc(-c3ccc4c(c3)OCCO4)nc2c1. The van der Waals surface area contributed by atoms with Gasteiger partial charge in [0.1, 0.15) is 18.2 Å². The van der Waals surface area contributed by atoms with Crippen LogP contribution in [0, 0.1) is 0 Å². The number of hydrogen-bond donors (Lipinski definition) is 0. The maximum Gasteiger partial charge on any atom is 0.162 e. The smallest absolute Gasteiger partial charge is 0.162 e. The number of hydrogen-bond acceptors (Lipinski definition) is 4. The van der Waals surface area contributed by atoms with Gasteiger partial charge in [-0.25, -0.2) is 4.98 Å². The first kappa shape index (κ1) is 12.0. The van der Waals surface area contributed by atoms with Gasteiger partial charge in [0.25, 0.3) is 0 Å². The molecule has 1 aliphatic rings. The highest BCUT2D eigenvalue weighted by atomic mass is 35.5. The van der Waals surface area contributed by atoms with Crippen LogP contribution in [0.2, 0.25) is 5.02 Å². The molecule has 1 aliphatic heterocycles. The summed E-state index contributed by atoms with van der Waals surface area (Å²) in [7, 11) is 0. The number of rotatable bonds is 1. The third-order valence-electron chi connectivity index (χ3n) is 3.14. The van der Waals surface area contributed by atoms with E-state index in [1.54, 1.807) is 11.3 Å². The van der Waals surface area contributed by atoms with Gasteiger partial charge in [-0.3, -0.25) is 0 Å². The van der Waals surface area contributed by atoms with Crippen molar-refractivity contribution in [1.29, 1.82) is 0 Å². The van der Waals surface area contributed by atoms with Gasteiger partial charge in [0.05, 0.1) is 10.2 Å². The van der Waals surface area contributed by atoms with Crippen molar-refractivity contribution in [2.45, 2.75) is 0 Å². The van der Waals surface area contributed by atoms with Gasteiger partial charge >= 0.3 is 0 Å². The van der Waals surface area contributed by atoms with Crippen LogP contribution in [0.1, 0.15) is 0 Å². The van der Waals surface area contributed by atoms with Crippen LogP contribution in [0.3, 0.4) is 0 Å². The van der Waals surface area contributed by atoms with Crippen molar-refractivity contribution in [2.24, 2.45) is 0 Å². The zero-order chi connectivity index (χ0) is 13.5. The Hall–Kier alpha value is -1.78. The summed E-state index contributed by atoms with van der Waals surface area (Å²) in [5.74, 6) is 1.58. The van der Waals surface area contributed by atoms with E-state index in [1.165, 1.54) is 0 Å². The molecule has 0 radical (unpaired) electrons. The van der Waals surface area contributed by atoms with Crippen LogP contribution in [0.15, 0.2) is 36.4 Å².